The van der Waals surface area contributed by atoms with Gasteiger partial charge >= 0.3 is 0 Å². The molecule has 0 atom stereocenters. The van der Waals surface area contributed by atoms with E-state index < -0.39 is 0 Å². The maximum Gasteiger partial charge on any atom is 0.238 e. The maximum atomic E-state index is 12.7. The van der Waals surface area contributed by atoms with Crippen molar-refractivity contribution in [1.82, 2.24) is 9.88 Å². The highest BCUT2D eigenvalue weighted by molar-refractivity contribution is 5.94. The van der Waals surface area contributed by atoms with E-state index in [1.54, 1.807) is 14.2 Å². The Hall–Kier alpha value is -3.12. The van der Waals surface area contributed by atoms with E-state index in [2.05, 4.69) is 27.3 Å². The quantitative estimate of drug-likeness (QED) is 0.578. The summed E-state index contributed by atoms with van der Waals surface area (Å²) in [5, 5.41) is 5.29. The highest BCUT2D eigenvalue weighted by Crippen LogP contribution is 2.35. The van der Waals surface area contributed by atoms with Crippen molar-refractivity contribution < 1.29 is 14.3 Å². The van der Waals surface area contributed by atoms with Crippen molar-refractivity contribution in [3.05, 3.63) is 59.9 Å². The number of fused-ring (bicyclic) bond motifs is 1. The zero-order chi connectivity index (χ0) is 21.5. The van der Waals surface area contributed by atoms with Crippen LogP contribution in [0.15, 0.2) is 48.7 Å². The van der Waals surface area contributed by atoms with Gasteiger partial charge in [-0.1, -0.05) is 38.1 Å². The fraction of sp³-hybridized carbons (Fsp3) is 0.333. The monoisotopic (exact) mass is 407 g/mol. The molecule has 1 amide bonds. The number of hydrogen-bond donors (Lipinski definition) is 1. The lowest BCUT2D eigenvalue weighted by Gasteiger charge is -2.19. The Bertz CT molecular complexity index is 1010. The molecule has 0 saturated carbocycles. The van der Waals surface area contributed by atoms with Crippen LogP contribution >= 0.6 is 0 Å². The van der Waals surface area contributed by atoms with Crippen LogP contribution in [-0.4, -0.2) is 49.6 Å². The number of methoxy groups -OCH3 is 2. The second-order valence-electron chi connectivity index (χ2n) is 7.03. The average Bonchev–Trinajstić information content (AvgIpc) is 2.78. The van der Waals surface area contributed by atoms with E-state index in [4.69, 9.17) is 9.47 Å². The van der Waals surface area contributed by atoms with Gasteiger partial charge in [-0.05, 0) is 36.2 Å². The van der Waals surface area contributed by atoms with Gasteiger partial charge in [0, 0.05) is 29.8 Å². The number of nitrogens with one attached hydrogen (secondary N) is 1. The van der Waals surface area contributed by atoms with E-state index in [0.717, 1.165) is 35.1 Å². The van der Waals surface area contributed by atoms with Gasteiger partial charge < -0.3 is 14.8 Å². The first-order chi connectivity index (χ1) is 14.6. The number of amides is 1. The van der Waals surface area contributed by atoms with Gasteiger partial charge in [0.2, 0.25) is 5.91 Å². The molecule has 3 aromatic rings. The molecule has 0 aliphatic carbocycles. The molecule has 1 N–H and O–H groups in total. The van der Waals surface area contributed by atoms with Crippen LogP contribution in [0.1, 0.15) is 25.1 Å². The average molecular weight is 408 g/mol. The molecule has 6 heteroatoms. The number of aromatic nitrogens is 1. The Morgan fingerprint density at radius 3 is 2.43 bits per heavy atom. The standard InChI is InChI=1S/C24H29N3O3/c1-5-27(6-2)16-24(28)26-20-15-23(30-4)22(29-3)14-18(20)13-21-19-10-8-7-9-17(19)11-12-25-21/h7-12,14-15H,5-6,13,16H2,1-4H3,(H,26,28). The highest BCUT2D eigenvalue weighted by Gasteiger charge is 2.16. The summed E-state index contributed by atoms with van der Waals surface area (Å²) in [6, 6.07) is 13.9. The van der Waals surface area contributed by atoms with Crippen LogP contribution in [0.3, 0.4) is 0 Å². The minimum absolute atomic E-state index is 0.0574. The fourth-order valence-corrected chi connectivity index (χ4v) is 3.53. The van der Waals surface area contributed by atoms with Crippen molar-refractivity contribution in [3.8, 4) is 11.5 Å². The molecule has 0 fully saturated rings. The Morgan fingerprint density at radius 2 is 1.73 bits per heavy atom. The normalized spacial score (nSPS) is 11.0. The second kappa shape index (κ2) is 10.1. The zero-order valence-corrected chi connectivity index (χ0v) is 18.1. The SMILES string of the molecule is CCN(CC)CC(=O)Nc1cc(OC)c(OC)cc1Cc1nccc2ccccc12. The number of likely N-dealkylation sites (N-methyl/N-ethyl adjacent to an activating group) is 1. The van der Waals surface area contributed by atoms with Crippen molar-refractivity contribution in [3.63, 3.8) is 0 Å². The first-order valence-corrected chi connectivity index (χ1v) is 10.2. The van der Waals surface area contributed by atoms with Crippen molar-refractivity contribution in [2.24, 2.45) is 0 Å². The molecule has 0 bridgehead atoms. The lowest BCUT2D eigenvalue weighted by molar-refractivity contribution is -0.117. The van der Waals surface area contributed by atoms with E-state index in [0.29, 0.717) is 30.2 Å². The van der Waals surface area contributed by atoms with E-state index in [1.807, 2.05) is 50.4 Å². The molecule has 0 aliphatic heterocycles. The summed E-state index contributed by atoms with van der Waals surface area (Å²) in [7, 11) is 3.20. The summed E-state index contributed by atoms with van der Waals surface area (Å²) < 4.78 is 11.0. The number of rotatable bonds is 9. The van der Waals surface area contributed by atoms with Crippen molar-refractivity contribution in [1.29, 1.82) is 0 Å². The third-order valence-corrected chi connectivity index (χ3v) is 5.26. The zero-order valence-electron chi connectivity index (χ0n) is 18.1. The van der Waals surface area contributed by atoms with Crippen LogP contribution in [-0.2, 0) is 11.2 Å². The largest absolute Gasteiger partial charge is 0.493 e. The summed E-state index contributed by atoms with van der Waals surface area (Å²) >= 11 is 0. The van der Waals surface area contributed by atoms with Crippen molar-refractivity contribution in [2.75, 3.05) is 39.2 Å². The summed E-state index contributed by atoms with van der Waals surface area (Å²) in [4.78, 5) is 19.3. The van der Waals surface area contributed by atoms with Crippen LogP contribution in [0.2, 0.25) is 0 Å². The maximum absolute atomic E-state index is 12.7. The Morgan fingerprint density at radius 1 is 1.03 bits per heavy atom. The van der Waals surface area contributed by atoms with Crippen LogP contribution < -0.4 is 14.8 Å². The summed E-state index contributed by atoms with van der Waals surface area (Å²) in [6.45, 7) is 6.08. The van der Waals surface area contributed by atoms with Crippen molar-refractivity contribution >= 4 is 22.4 Å². The molecule has 1 aromatic heterocycles. The molecule has 3 rings (SSSR count). The van der Waals surface area contributed by atoms with Gasteiger partial charge in [-0.2, -0.15) is 0 Å². The topological polar surface area (TPSA) is 63.7 Å². The molecule has 0 unspecified atom stereocenters. The minimum Gasteiger partial charge on any atom is -0.493 e. The van der Waals surface area contributed by atoms with Crippen LogP contribution in [0.5, 0.6) is 11.5 Å². The van der Waals surface area contributed by atoms with Gasteiger partial charge in [0.25, 0.3) is 0 Å². The van der Waals surface area contributed by atoms with E-state index in [1.165, 1.54) is 0 Å². The van der Waals surface area contributed by atoms with Gasteiger partial charge in [0.15, 0.2) is 11.5 Å². The third-order valence-electron chi connectivity index (χ3n) is 5.26. The Labute approximate surface area is 177 Å². The first-order valence-electron chi connectivity index (χ1n) is 10.2. The lowest BCUT2D eigenvalue weighted by atomic mass is 10.0. The predicted octanol–water partition coefficient (Wildman–Crippen LogP) is 4.12. The highest BCUT2D eigenvalue weighted by atomic mass is 16.5. The molecule has 30 heavy (non-hydrogen) atoms. The predicted molar refractivity (Wildman–Crippen MR) is 121 cm³/mol. The summed E-state index contributed by atoms with van der Waals surface area (Å²) in [5.41, 5.74) is 2.57. The number of hydrogen-bond acceptors (Lipinski definition) is 5. The van der Waals surface area contributed by atoms with Gasteiger partial charge in [-0.15, -0.1) is 0 Å². The number of carbonyl (C=O) groups excluding carboxylic acids is 1. The molecule has 0 radical (unpaired) electrons. The first kappa shape index (κ1) is 21.6. The van der Waals surface area contributed by atoms with Gasteiger partial charge in [0.05, 0.1) is 26.5 Å². The number of anilines is 1. The number of ether oxygens (including phenoxy) is 2. The smallest absolute Gasteiger partial charge is 0.238 e. The molecule has 6 nitrogen and oxygen atoms in total. The van der Waals surface area contributed by atoms with Gasteiger partial charge in [-0.25, -0.2) is 0 Å². The van der Waals surface area contributed by atoms with E-state index >= 15 is 0 Å². The molecular formula is C24H29N3O3. The molecule has 0 saturated heterocycles. The summed E-state index contributed by atoms with van der Waals surface area (Å²) in [5.74, 6) is 1.14. The van der Waals surface area contributed by atoms with Crippen LogP contribution in [0.25, 0.3) is 10.8 Å². The molecule has 158 valence electrons. The van der Waals surface area contributed by atoms with Gasteiger partial charge in [-0.3, -0.25) is 14.7 Å². The van der Waals surface area contributed by atoms with E-state index in [-0.39, 0.29) is 5.91 Å². The minimum atomic E-state index is -0.0574. The summed E-state index contributed by atoms with van der Waals surface area (Å²) in [6.07, 6.45) is 2.37. The number of pyridine rings is 1. The lowest BCUT2D eigenvalue weighted by Crippen LogP contribution is -2.33. The van der Waals surface area contributed by atoms with Crippen LogP contribution in [0, 0.1) is 0 Å². The fourth-order valence-electron chi connectivity index (χ4n) is 3.53. The van der Waals surface area contributed by atoms with Crippen molar-refractivity contribution in [2.45, 2.75) is 20.3 Å². The number of nitrogens with zero attached hydrogens (tertiary/aromatic N) is 2. The third kappa shape index (κ3) is 4.89. The van der Waals surface area contributed by atoms with E-state index in [9.17, 15) is 4.79 Å². The molecule has 1 heterocycles. The van der Waals surface area contributed by atoms with Crippen LogP contribution in [0.4, 0.5) is 5.69 Å². The van der Waals surface area contributed by atoms with Gasteiger partial charge in [0.1, 0.15) is 0 Å². The second-order valence-corrected chi connectivity index (χ2v) is 7.03. The number of carbonyl (C=O) groups is 1. The molecule has 0 spiro atoms. The Kier molecular flexibility index (Phi) is 7.25. The molecule has 2 aromatic carbocycles. The Balaban J connectivity index is 1.98. The molecular weight excluding hydrogens is 378 g/mol. The molecule has 0 aliphatic rings. The number of benzene rings is 2.